The number of rotatable bonds is 7. The molecule has 6 nitrogen and oxygen atoms in total. The van der Waals surface area contributed by atoms with Crippen LogP contribution in [0.2, 0.25) is 0 Å². The molecule has 130 valence electrons. The van der Waals surface area contributed by atoms with E-state index in [9.17, 15) is 13.6 Å². The fourth-order valence-corrected chi connectivity index (χ4v) is 2.78. The van der Waals surface area contributed by atoms with Gasteiger partial charge in [-0.2, -0.15) is 13.8 Å². The summed E-state index contributed by atoms with van der Waals surface area (Å²) in [7, 11) is 0. The molecule has 0 N–H and O–H groups in total. The van der Waals surface area contributed by atoms with Crippen molar-refractivity contribution in [2.45, 2.75) is 11.1 Å². The van der Waals surface area contributed by atoms with Crippen molar-refractivity contribution in [3.05, 3.63) is 54.1 Å². The summed E-state index contributed by atoms with van der Waals surface area (Å²) in [4.78, 5) is 19.6. The molecule has 2 heterocycles. The average Bonchev–Trinajstić information content (AvgIpc) is 3.26. The molecule has 0 spiro atoms. The third kappa shape index (κ3) is 4.43. The minimum absolute atomic E-state index is 0.0327. The number of oxazole rings is 1. The van der Waals surface area contributed by atoms with Gasteiger partial charge in [-0.1, -0.05) is 29.4 Å². The zero-order valence-electron chi connectivity index (χ0n) is 12.5. The zero-order chi connectivity index (χ0) is 17.9. The molecule has 0 bridgehead atoms. The average molecular weight is 386 g/mol. The Balaban J connectivity index is 1.61. The molecule has 25 heavy (non-hydrogen) atoms. The molecule has 10 heteroatoms. The van der Waals surface area contributed by atoms with Crippen LogP contribution in [0, 0.1) is 0 Å². The lowest BCUT2D eigenvalue weighted by atomic mass is 10.1. The maximum atomic E-state index is 12.9. The van der Waals surface area contributed by atoms with Crippen LogP contribution >= 0.6 is 23.4 Å². The second kappa shape index (κ2) is 7.32. The van der Waals surface area contributed by atoms with Crippen LogP contribution in [0.25, 0.3) is 11.4 Å². The molecule has 2 aromatic heterocycles. The number of nitrogens with zero attached hydrogens (tertiary/aromatic N) is 3. The molecule has 0 aliphatic rings. The Labute approximate surface area is 149 Å². The number of hydrogen-bond donors (Lipinski definition) is 0. The third-order valence-corrected chi connectivity index (χ3v) is 4.23. The van der Waals surface area contributed by atoms with Gasteiger partial charge in [-0.3, -0.25) is 4.79 Å². The van der Waals surface area contributed by atoms with Crippen molar-refractivity contribution >= 4 is 29.1 Å². The number of ketones is 1. The first-order valence-electron chi connectivity index (χ1n) is 6.93. The van der Waals surface area contributed by atoms with Crippen LogP contribution in [0.5, 0.6) is 0 Å². The molecule has 3 aromatic rings. The van der Waals surface area contributed by atoms with Crippen LogP contribution in [0.4, 0.5) is 8.78 Å². The molecule has 0 aliphatic heterocycles. The standard InChI is InChI=1S/C15H10ClF2N3O3S/c16-15(17,18)14-20-13(21-24-14)10-3-1-9(2-4-10)12(22)7-25-6-11-5-23-8-19-11/h1-5,8H,6-7H2. The predicted octanol–water partition coefficient (Wildman–Crippen LogP) is 4.13. The van der Waals surface area contributed by atoms with Gasteiger partial charge in [0.05, 0.1) is 11.4 Å². The molecule has 0 fully saturated rings. The highest BCUT2D eigenvalue weighted by atomic mass is 35.5. The van der Waals surface area contributed by atoms with Gasteiger partial charge in [0.15, 0.2) is 12.2 Å². The molecule has 3 rings (SSSR count). The summed E-state index contributed by atoms with van der Waals surface area (Å²) >= 11 is 6.24. The van der Waals surface area contributed by atoms with Gasteiger partial charge in [-0.25, -0.2) is 4.98 Å². The second-order valence-electron chi connectivity index (χ2n) is 4.89. The summed E-state index contributed by atoms with van der Waals surface area (Å²) in [5.41, 5.74) is 1.68. The number of halogens is 3. The number of benzene rings is 1. The summed E-state index contributed by atoms with van der Waals surface area (Å²) in [6.45, 7) is 0. The van der Waals surface area contributed by atoms with Crippen molar-refractivity contribution in [1.29, 1.82) is 0 Å². The zero-order valence-corrected chi connectivity index (χ0v) is 14.1. The van der Waals surface area contributed by atoms with Crippen molar-refractivity contribution in [1.82, 2.24) is 15.1 Å². The van der Waals surface area contributed by atoms with Gasteiger partial charge in [-0.15, -0.1) is 11.8 Å². The first-order chi connectivity index (χ1) is 11.9. The van der Waals surface area contributed by atoms with Crippen molar-refractivity contribution in [2.75, 3.05) is 5.75 Å². The molecule has 0 amide bonds. The lowest BCUT2D eigenvalue weighted by Gasteiger charge is -2.01. The Kier molecular flexibility index (Phi) is 5.14. The van der Waals surface area contributed by atoms with E-state index in [4.69, 9.17) is 16.0 Å². The molecule has 0 unspecified atom stereocenters. The van der Waals surface area contributed by atoms with Gasteiger partial charge in [0.25, 0.3) is 0 Å². The van der Waals surface area contributed by atoms with E-state index in [1.165, 1.54) is 24.4 Å². The van der Waals surface area contributed by atoms with Gasteiger partial charge >= 0.3 is 11.3 Å². The van der Waals surface area contributed by atoms with Gasteiger partial charge in [0.2, 0.25) is 5.82 Å². The molecule has 1 aromatic carbocycles. The molecule has 0 aliphatic carbocycles. The van der Waals surface area contributed by atoms with E-state index >= 15 is 0 Å². The Hall–Kier alpha value is -2.26. The summed E-state index contributed by atoms with van der Waals surface area (Å²) in [6, 6.07) is 6.25. The normalized spacial score (nSPS) is 11.6. The van der Waals surface area contributed by atoms with Gasteiger partial charge in [0.1, 0.15) is 6.26 Å². The third-order valence-electron chi connectivity index (χ3n) is 3.10. The maximum Gasteiger partial charge on any atom is 0.400 e. The van der Waals surface area contributed by atoms with Gasteiger partial charge < -0.3 is 8.94 Å². The molecule has 0 saturated heterocycles. The van der Waals surface area contributed by atoms with E-state index in [1.54, 1.807) is 24.3 Å². The number of Topliss-reactive ketones (excluding diaryl/α,β-unsaturated/α-hetero) is 1. The second-order valence-corrected chi connectivity index (χ2v) is 6.35. The van der Waals surface area contributed by atoms with Crippen LogP contribution in [0.3, 0.4) is 0 Å². The Bertz CT molecular complexity index is 848. The molecular formula is C15H10ClF2N3O3S. The van der Waals surface area contributed by atoms with Crippen molar-refractivity contribution in [3.8, 4) is 11.4 Å². The lowest BCUT2D eigenvalue weighted by Crippen LogP contribution is -2.03. The SMILES string of the molecule is O=C(CSCc1cocn1)c1ccc(-c2noc(C(F)(F)Cl)n2)cc1. The van der Waals surface area contributed by atoms with Crippen molar-refractivity contribution < 1.29 is 22.5 Å². The smallest absolute Gasteiger partial charge is 0.400 e. The van der Waals surface area contributed by atoms with Crippen LogP contribution < -0.4 is 0 Å². The maximum absolute atomic E-state index is 12.9. The van der Waals surface area contributed by atoms with Gasteiger partial charge in [-0.05, 0) is 11.6 Å². The van der Waals surface area contributed by atoms with E-state index in [2.05, 4.69) is 19.6 Å². The molecule has 0 atom stereocenters. The largest absolute Gasteiger partial charge is 0.451 e. The van der Waals surface area contributed by atoms with Crippen LogP contribution in [0.15, 0.2) is 45.9 Å². The Morgan fingerprint density at radius 2 is 2.04 bits per heavy atom. The molecule has 0 saturated carbocycles. The first kappa shape index (κ1) is 17.6. The highest BCUT2D eigenvalue weighted by Crippen LogP contribution is 2.32. The topological polar surface area (TPSA) is 82.0 Å². The van der Waals surface area contributed by atoms with Crippen LogP contribution in [0.1, 0.15) is 21.9 Å². The number of carbonyl (C=O) groups excluding carboxylic acids is 1. The fourth-order valence-electron chi connectivity index (χ4n) is 1.90. The van der Waals surface area contributed by atoms with Crippen LogP contribution in [-0.4, -0.2) is 26.7 Å². The van der Waals surface area contributed by atoms with E-state index < -0.39 is 11.3 Å². The summed E-state index contributed by atoms with van der Waals surface area (Å²) < 4.78 is 35.0. The highest BCUT2D eigenvalue weighted by molar-refractivity contribution is 7.99. The predicted molar refractivity (Wildman–Crippen MR) is 86.5 cm³/mol. The van der Waals surface area contributed by atoms with Crippen LogP contribution in [-0.2, 0) is 11.1 Å². The Morgan fingerprint density at radius 3 is 2.64 bits per heavy atom. The minimum Gasteiger partial charge on any atom is -0.451 e. The van der Waals surface area contributed by atoms with E-state index in [-0.39, 0.29) is 17.4 Å². The molecular weight excluding hydrogens is 376 g/mol. The number of hydrogen-bond acceptors (Lipinski definition) is 7. The minimum atomic E-state index is -3.72. The number of aromatic nitrogens is 3. The number of alkyl halides is 3. The van der Waals surface area contributed by atoms with Crippen molar-refractivity contribution in [2.24, 2.45) is 0 Å². The Morgan fingerprint density at radius 1 is 1.28 bits per heavy atom. The van der Waals surface area contributed by atoms with E-state index in [0.29, 0.717) is 16.9 Å². The van der Waals surface area contributed by atoms with E-state index in [0.717, 1.165) is 5.69 Å². The number of carbonyl (C=O) groups is 1. The summed E-state index contributed by atoms with van der Waals surface area (Å²) in [5, 5.41) is -0.270. The highest BCUT2D eigenvalue weighted by Gasteiger charge is 2.35. The molecule has 0 radical (unpaired) electrons. The summed E-state index contributed by atoms with van der Waals surface area (Å²) in [5.74, 6) is -0.236. The van der Waals surface area contributed by atoms with Crippen molar-refractivity contribution in [3.63, 3.8) is 0 Å². The monoisotopic (exact) mass is 385 g/mol. The quantitative estimate of drug-likeness (QED) is 0.446. The first-order valence-corrected chi connectivity index (χ1v) is 8.46. The van der Waals surface area contributed by atoms with Gasteiger partial charge in [0, 0.05) is 16.9 Å². The lowest BCUT2D eigenvalue weighted by molar-refractivity contribution is 0.0551. The fraction of sp³-hybridized carbons (Fsp3) is 0.200. The number of thioether (sulfide) groups is 1. The van der Waals surface area contributed by atoms with E-state index in [1.807, 2.05) is 0 Å². The summed E-state index contributed by atoms with van der Waals surface area (Å²) in [6.07, 6.45) is 2.86.